The van der Waals surface area contributed by atoms with Gasteiger partial charge >= 0.3 is 5.97 Å². The molecule has 0 saturated heterocycles. The van der Waals surface area contributed by atoms with Crippen LogP contribution < -0.4 is 0 Å². The maximum Gasteiger partial charge on any atom is 0.348 e. The van der Waals surface area contributed by atoms with E-state index in [1.165, 1.54) is 11.3 Å². The fourth-order valence-corrected chi connectivity index (χ4v) is 3.75. The maximum atomic E-state index is 12.0. The van der Waals surface area contributed by atoms with Gasteiger partial charge in [-0.05, 0) is 31.2 Å². The molecule has 3 heterocycles. The first-order valence-electron chi connectivity index (χ1n) is 8.07. The van der Waals surface area contributed by atoms with Crippen LogP contribution in [-0.4, -0.2) is 22.0 Å². The molecule has 0 aliphatic heterocycles. The lowest BCUT2D eigenvalue weighted by Gasteiger charge is -2.03. The Labute approximate surface area is 149 Å². The molecule has 1 aromatic carbocycles. The Kier molecular flexibility index (Phi) is 4.07. The highest BCUT2D eigenvalue weighted by Gasteiger charge is 2.19. The van der Waals surface area contributed by atoms with Crippen LogP contribution in [-0.2, 0) is 4.74 Å². The zero-order valence-electron chi connectivity index (χ0n) is 13.7. The summed E-state index contributed by atoms with van der Waals surface area (Å²) in [5.74, 6) is -0.283. The third kappa shape index (κ3) is 2.83. The number of rotatable bonds is 4. The van der Waals surface area contributed by atoms with Gasteiger partial charge in [-0.1, -0.05) is 36.4 Å². The molecule has 0 atom stereocenters. The number of nitrogens with zero attached hydrogens (tertiary/aromatic N) is 2. The first kappa shape index (κ1) is 15.6. The molecule has 0 N–H and O–H groups in total. The second kappa shape index (κ2) is 6.53. The summed E-state index contributed by atoms with van der Waals surface area (Å²) in [4.78, 5) is 18.4. The van der Waals surface area contributed by atoms with Crippen molar-refractivity contribution < 1.29 is 9.53 Å². The van der Waals surface area contributed by atoms with Gasteiger partial charge in [-0.3, -0.25) is 4.40 Å². The summed E-state index contributed by atoms with van der Waals surface area (Å²) in [6.07, 6.45) is 1.99. The molecule has 4 aromatic rings. The van der Waals surface area contributed by atoms with Crippen LogP contribution in [0.15, 0.2) is 66.9 Å². The molecule has 0 saturated carbocycles. The van der Waals surface area contributed by atoms with E-state index in [4.69, 9.17) is 9.72 Å². The summed E-state index contributed by atoms with van der Waals surface area (Å²) < 4.78 is 7.17. The zero-order chi connectivity index (χ0) is 17.2. The number of imidazole rings is 1. The highest BCUT2D eigenvalue weighted by Crippen LogP contribution is 2.36. The van der Waals surface area contributed by atoms with Crippen LogP contribution >= 0.6 is 11.3 Å². The minimum Gasteiger partial charge on any atom is -0.462 e. The van der Waals surface area contributed by atoms with Crippen LogP contribution in [0, 0.1) is 0 Å². The number of aromatic nitrogens is 2. The Balaban J connectivity index is 1.90. The van der Waals surface area contributed by atoms with Crippen molar-refractivity contribution in [3.05, 3.63) is 71.7 Å². The van der Waals surface area contributed by atoms with E-state index in [-0.39, 0.29) is 5.97 Å². The lowest BCUT2D eigenvalue weighted by Crippen LogP contribution is -2.01. The summed E-state index contributed by atoms with van der Waals surface area (Å²) in [6, 6.07) is 19.8. The van der Waals surface area contributed by atoms with Gasteiger partial charge in [0.25, 0.3) is 0 Å². The molecular formula is C20H16N2O2S. The van der Waals surface area contributed by atoms with Crippen molar-refractivity contribution >= 4 is 23.0 Å². The smallest absolute Gasteiger partial charge is 0.348 e. The first-order chi connectivity index (χ1) is 12.3. The van der Waals surface area contributed by atoms with Crippen molar-refractivity contribution in [1.82, 2.24) is 9.38 Å². The lowest BCUT2D eigenvalue weighted by atomic mass is 10.1. The Morgan fingerprint density at radius 1 is 1.08 bits per heavy atom. The lowest BCUT2D eigenvalue weighted by molar-refractivity contribution is 0.0532. The maximum absolute atomic E-state index is 12.0. The number of carbonyl (C=O) groups is 1. The molecule has 4 nitrogen and oxygen atoms in total. The number of carbonyl (C=O) groups excluding carboxylic acids is 1. The van der Waals surface area contributed by atoms with Crippen molar-refractivity contribution in [3.8, 4) is 21.8 Å². The third-order valence-electron chi connectivity index (χ3n) is 3.89. The zero-order valence-corrected chi connectivity index (χ0v) is 14.5. The van der Waals surface area contributed by atoms with E-state index >= 15 is 0 Å². The monoisotopic (exact) mass is 348 g/mol. The van der Waals surface area contributed by atoms with E-state index < -0.39 is 0 Å². The number of hydrogen-bond acceptors (Lipinski definition) is 4. The molecule has 4 rings (SSSR count). The van der Waals surface area contributed by atoms with Crippen molar-refractivity contribution in [2.75, 3.05) is 6.61 Å². The van der Waals surface area contributed by atoms with Crippen LogP contribution in [0.2, 0.25) is 0 Å². The number of thiophene rings is 1. The van der Waals surface area contributed by atoms with Crippen molar-refractivity contribution in [2.45, 2.75) is 6.92 Å². The van der Waals surface area contributed by atoms with E-state index in [1.807, 2.05) is 73.8 Å². The molecule has 0 aliphatic carbocycles. The Bertz CT molecular complexity index is 1030. The van der Waals surface area contributed by atoms with Gasteiger partial charge in [0, 0.05) is 11.8 Å². The van der Waals surface area contributed by atoms with Crippen LogP contribution in [0.25, 0.3) is 27.5 Å². The standard InChI is InChI=1S/C20H16N2O2S/c1-2-24-20(23)16-12-11-15(25-16)19-18(14-8-4-3-5-9-14)21-17-10-6-7-13-22(17)19/h3-13H,2H2,1H3. The summed E-state index contributed by atoms with van der Waals surface area (Å²) in [5, 5.41) is 0. The topological polar surface area (TPSA) is 43.6 Å². The van der Waals surface area contributed by atoms with Crippen LogP contribution in [0.5, 0.6) is 0 Å². The van der Waals surface area contributed by atoms with E-state index in [1.54, 1.807) is 0 Å². The SMILES string of the molecule is CCOC(=O)c1ccc(-c2c(-c3ccccc3)nc3ccccn23)s1. The van der Waals surface area contributed by atoms with Gasteiger partial charge in [-0.15, -0.1) is 11.3 Å². The fourth-order valence-electron chi connectivity index (χ4n) is 2.81. The molecule has 0 radical (unpaired) electrons. The van der Waals surface area contributed by atoms with Gasteiger partial charge < -0.3 is 4.74 Å². The molecular weight excluding hydrogens is 332 g/mol. The van der Waals surface area contributed by atoms with E-state index in [0.29, 0.717) is 11.5 Å². The number of fused-ring (bicyclic) bond motifs is 1. The number of ether oxygens (including phenoxy) is 1. The van der Waals surface area contributed by atoms with Gasteiger partial charge in [0.15, 0.2) is 0 Å². The van der Waals surface area contributed by atoms with Gasteiger partial charge in [0.1, 0.15) is 10.5 Å². The number of hydrogen-bond donors (Lipinski definition) is 0. The summed E-state index contributed by atoms with van der Waals surface area (Å²) in [6.45, 7) is 2.18. The Morgan fingerprint density at radius 3 is 2.68 bits per heavy atom. The van der Waals surface area contributed by atoms with Crippen LogP contribution in [0.4, 0.5) is 0 Å². The second-order valence-corrected chi connectivity index (χ2v) is 6.57. The van der Waals surface area contributed by atoms with Crippen molar-refractivity contribution in [1.29, 1.82) is 0 Å². The highest BCUT2D eigenvalue weighted by atomic mass is 32.1. The first-order valence-corrected chi connectivity index (χ1v) is 8.89. The number of benzene rings is 1. The van der Waals surface area contributed by atoms with Gasteiger partial charge in [-0.25, -0.2) is 9.78 Å². The molecule has 25 heavy (non-hydrogen) atoms. The largest absolute Gasteiger partial charge is 0.462 e. The van der Waals surface area contributed by atoms with Gasteiger partial charge in [-0.2, -0.15) is 0 Å². The van der Waals surface area contributed by atoms with Gasteiger partial charge in [0.05, 0.1) is 22.9 Å². The van der Waals surface area contributed by atoms with E-state index in [2.05, 4.69) is 4.40 Å². The highest BCUT2D eigenvalue weighted by molar-refractivity contribution is 7.17. The molecule has 0 bridgehead atoms. The third-order valence-corrected chi connectivity index (χ3v) is 4.97. The van der Waals surface area contributed by atoms with Crippen molar-refractivity contribution in [3.63, 3.8) is 0 Å². The quantitative estimate of drug-likeness (QED) is 0.492. The van der Waals surface area contributed by atoms with Crippen LogP contribution in [0.3, 0.4) is 0 Å². The van der Waals surface area contributed by atoms with Gasteiger partial charge in [0.2, 0.25) is 0 Å². The summed E-state index contributed by atoms with van der Waals surface area (Å²) in [5.41, 5.74) is 3.82. The number of esters is 1. The molecule has 5 heteroatoms. The minimum absolute atomic E-state index is 0.283. The van der Waals surface area contributed by atoms with Crippen molar-refractivity contribution in [2.24, 2.45) is 0 Å². The van der Waals surface area contributed by atoms with Crippen LogP contribution in [0.1, 0.15) is 16.6 Å². The molecule has 0 fully saturated rings. The molecule has 3 aromatic heterocycles. The Hall–Kier alpha value is -2.92. The molecule has 124 valence electrons. The summed E-state index contributed by atoms with van der Waals surface area (Å²) in [7, 11) is 0. The van der Waals surface area contributed by atoms with E-state index in [9.17, 15) is 4.79 Å². The van der Waals surface area contributed by atoms with E-state index in [0.717, 1.165) is 27.5 Å². The minimum atomic E-state index is -0.283. The Morgan fingerprint density at radius 2 is 1.88 bits per heavy atom. The average Bonchev–Trinajstić information content (AvgIpc) is 3.27. The molecule has 0 amide bonds. The molecule has 0 spiro atoms. The fraction of sp³-hybridized carbons (Fsp3) is 0.100. The molecule has 0 aliphatic rings. The number of pyridine rings is 1. The normalized spacial score (nSPS) is 10.9. The molecule has 0 unspecified atom stereocenters. The predicted octanol–water partition coefficient (Wildman–Crippen LogP) is 4.91. The predicted molar refractivity (Wildman–Crippen MR) is 99.9 cm³/mol. The second-order valence-electron chi connectivity index (χ2n) is 5.49. The average molecular weight is 348 g/mol. The summed E-state index contributed by atoms with van der Waals surface area (Å²) >= 11 is 1.43.